The fraction of sp³-hybridized carbons (Fsp3) is 0.727. The van der Waals surface area contributed by atoms with E-state index in [2.05, 4.69) is 15.5 Å². The number of nitrogens with one attached hydrogen (secondary N) is 1. The third kappa shape index (κ3) is 3.15. The molecule has 1 amide bonds. The van der Waals surface area contributed by atoms with E-state index < -0.39 is 0 Å². The van der Waals surface area contributed by atoms with Gasteiger partial charge in [0.05, 0.1) is 18.3 Å². The SMILES string of the molecule is CCC(NC(=O)C(C)(C)C)C1=CCN=N1. The second-order valence-corrected chi connectivity index (χ2v) is 4.74. The molecule has 1 heterocycles. The number of carbonyl (C=O) groups is 1. The van der Waals surface area contributed by atoms with Crippen molar-refractivity contribution in [2.45, 2.75) is 40.2 Å². The highest BCUT2D eigenvalue weighted by Crippen LogP contribution is 2.17. The zero-order valence-electron chi connectivity index (χ0n) is 9.87. The Balaban J connectivity index is 2.62. The number of azo groups is 1. The van der Waals surface area contributed by atoms with Crippen molar-refractivity contribution in [2.24, 2.45) is 15.6 Å². The summed E-state index contributed by atoms with van der Waals surface area (Å²) in [5.74, 6) is 0.0531. The van der Waals surface area contributed by atoms with Gasteiger partial charge in [-0.3, -0.25) is 4.79 Å². The van der Waals surface area contributed by atoms with E-state index in [1.54, 1.807) is 0 Å². The lowest BCUT2D eigenvalue weighted by Crippen LogP contribution is -2.42. The van der Waals surface area contributed by atoms with Crippen molar-refractivity contribution in [1.82, 2.24) is 5.32 Å². The third-order valence-electron chi connectivity index (χ3n) is 2.32. The zero-order chi connectivity index (χ0) is 11.5. The van der Waals surface area contributed by atoms with Crippen LogP contribution in [0, 0.1) is 5.41 Å². The lowest BCUT2D eigenvalue weighted by atomic mass is 9.95. The summed E-state index contributed by atoms with van der Waals surface area (Å²) in [6.07, 6.45) is 2.80. The van der Waals surface area contributed by atoms with Gasteiger partial charge in [-0.2, -0.15) is 10.2 Å². The molecule has 0 spiro atoms. The minimum atomic E-state index is -0.357. The van der Waals surface area contributed by atoms with Gasteiger partial charge in [0, 0.05) is 5.41 Å². The van der Waals surface area contributed by atoms with Gasteiger partial charge in [-0.15, -0.1) is 0 Å². The van der Waals surface area contributed by atoms with Gasteiger partial charge >= 0.3 is 0 Å². The van der Waals surface area contributed by atoms with Crippen molar-refractivity contribution in [3.63, 3.8) is 0 Å². The molecule has 0 bridgehead atoms. The van der Waals surface area contributed by atoms with Crippen LogP contribution in [-0.2, 0) is 4.79 Å². The summed E-state index contributed by atoms with van der Waals surface area (Å²) in [7, 11) is 0. The topological polar surface area (TPSA) is 53.8 Å². The molecule has 1 aliphatic rings. The number of hydrogen-bond acceptors (Lipinski definition) is 3. The van der Waals surface area contributed by atoms with Crippen molar-refractivity contribution >= 4 is 5.91 Å². The average molecular weight is 209 g/mol. The van der Waals surface area contributed by atoms with Gasteiger partial charge < -0.3 is 5.32 Å². The maximum absolute atomic E-state index is 11.8. The molecular weight excluding hydrogens is 190 g/mol. The Morgan fingerprint density at radius 3 is 2.67 bits per heavy atom. The van der Waals surface area contributed by atoms with Crippen LogP contribution in [0.3, 0.4) is 0 Å². The summed E-state index contributed by atoms with van der Waals surface area (Å²) in [5.41, 5.74) is 0.527. The Labute approximate surface area is 90.9 Å². The summed E-state index contributed by atoms with van der Waals surface area (Å²) in [6.45, 7) is 8.37. The van der Waals surface area contributed by atoms with E-state index in [0.717, 1.165) is 12.1 Å². The first-order chi connectivity index (χ1) is 6.95. The molecule has 0 saturated carbocycles. The molecule has 0 aliphatic carbocycles. The first-order valence-electron chi connectivity index (χ1n) is 5.33. The number of hydrogen-bond donors (Lipinski definition) is 1. The van der Waals surface area contributed by atoms with Crippen molar-refractivity contribution in [3.8, 4) is 0 Å². The molecule has 0 fully saturated rings. The largest absolute Gasteiger partial charge is 0.347 e. The molecule has 4 heteroatoms. The van der Waals surface area contributed by atoms with E-state index in [0.29, 0.717) is 6.54 Å². The van der Waals surface area contributed by atoms with E-state index in [1.165, 1.54) is 0 Å². The molecule has 1 atom stereocenters. The molecule has 15 heavy (non-hydrogen) atoms. The van der Waals surface area contributed by atoms with Crippen LogP contribution in [0.15, 0.2) is 22.0 Å². The maximum atomic E-state index is 11.8. The average Bonchev–Trinajstić information content (AvgIpc) is 2.64. The van der Waals surface area contributed by atoms with Gasteiger partial charge in [-0.05, 0) is 12.5 Å². The van der Waals surface area contributed by atoms with Crippen molar-refractivity contribution in [1.29, 1.82) is 0 Å². The number of carbonyl (C=O) groups excluding carboxylic acids is 1. The summed E-state index contributed by atoms with van der Waals surface area (Å²) in [5, 5.41) is 10.9. The Kier molecular flexibility index (Phi) is 3.61. The lowest BCUT2D eigenvalue weighted by Gasteiger charge is -2.22. The summed E-state index contributed by atoms with van der Waals surface area (Å²) >= 11 is 0. The monoisotopic (exact) mass is 209 g/mol. The van der Waals surface area contributed by atoms with E-state index in [9.17, 15) is 4.79 Å². The highest BCUT2D eigenvalue weighted by atomic mass is 16.2. The molecule has 0 aromatic carbocycles. The third-order valence-corrected chi connectivity index (χ3v) is 2.32. The predicted molar refractivity (Wildman–Crippen MR) is 59.5 cm³/mol. The molecule has 0 aromatic heterocycles. The molecule has 4 nitrogen and oxygen atoms in total. The van der Waals surface area contributed by atoms with Crippen LogP contribution in [-0.4, -0.2) is 18.5 Å². The van der Waals surface area contributed by atoms with Crippen molar-refractivity contribution in [2.75, 3.05) is 6.54 Å². The Morgan fingerprint density at radius 2 is 2.27 bits per heavy atom. The number of nitrogens with zero attached hydrogens (tertiary/aromatic N) is 2. The van der Waals surface area contributed by atoms with Crippen LogP contribution >= 0.6 is 0 Å². The highest BCUT2D eigenvalue weighted by Gasteiger charge is 2.25. The number of amides is 1. The summed E-state index contributed by atoms with van der Waals surface area (Å²) in [6, 6.07) is 0.00275. The lowest BCUT2D eigenvalue weighted by molar-refractivity contribution is -0.129. The minimum absolute atomic E-state index is 0.00275. The minimum Gasteiger partial charge on any atom is -0.347 e. The molecule has 1 N–H and O–H groups in total. The maximum Gasteiger partial charge on any atom is 0.225 e. The molecule has 0 saturated heterocycles. The fourth-order valence-electron chi connectivity index (χ4n) is 1.27. The van der Waals surface area contributed by atoms with Gasteiger partial charge in [0.1, 0.15) is 0 Å². The summed E-state index contributed by atoms with van der Waals surface area (Å²) < 4.78 is 0. The van der Waals surface area contributed by atoms with Crippen molar-refractivity contribution < 1.29 is 4.79 Å². The fourth-order valence-corrected chi connectivity index (χ4v) is 1.27. The van der Waals surface area contributed by atoms with Crippen LogP contribution in [0.4, 0.5) is 0 Å². The second kappa shape index (κ2) is 4.55. The molecule has 1 rings (SSSR count). The highest BCUT2D eigenvalue weighted by molar-refractivity contribution is 5.81. The van der Waals surface area contributed by atoms with Crippen LogP contribution < -0.4 is 5.32 Å². The molecule has 1 aliphatic heterocycles. The van der Waals surface area contributed by atoms with Crippen LogP contribution in [0.1, 0.15) is 34.1 Å². The first kappa shape index (κ1) is 11.9. The van der Waals surface area contributed by atoms with Gasteiger partial charge in [0.15, 0.2) is 0 Å². The van der Waals surface area contributed by atoms with E-state index >= 15 is 0 Å². The molecule has 84 valence electrons. The van der Waals surface area contributed by atoms with Gasteiger partial charge in [-0.1, -0.05) is 27.7 Å². The molecule has 0 radical (unpaired) electrons. The molecule has 0 aromatic rings. The zero-order valence-corrected chi connectivity index (χ0v) is 9.87. The smallest absolute Gasteiger partial charge is 0.225 e. The standard InChI is InChI=1S/C11H19N3O/c1-5-8(9-6-7-12-14-9)13-10(15)11(2,3)4/h6,8H,5,7H2,1-4H3,(H,13,15). The Hall–Kier alpha value is -1.19. The second-order valence-electron chi connectivity index (χ2n) is 4.74. The van der Waals surface area contributed by atoms with Crippen LogP contribution in [0.25, 0.3) is 0 Å². The normalized spacial score (nSPS) is 17.5. The van der Waals surface area contributed by atoms with Gasteiger partial charge in [0.2, 0.25) is 5.91 Å². The molecule has 1 unspecified atom stereocenters. The van der Waals surface area contributed by atoms with Gasteiger partial charge in [-0.25, -0.2) is 0 Å². The Morgan fingerprint density at radius 1 is 1.60 bits per heavy atom. The first-order valence-corrected chi connectivity index (χ1v) is 5.33. The van der Waals surface area contributed by atoms with E-state index in [1.807, 2.05) is 33.8 Å². The number of rotatable bonds is 3. The van der Waals surface area contributed by atoms with E-state index in [4.69, 9.17) is 0 Å². The van der Waals surface area contributed by atoms with Crippen molar-refractivity contribution in [3.05, 3.63) is 11.8 Å². The van der Waals surface area contributed by atoms with Crippen LogP contribution in [0.2, 0.25) is 0 Å². The van der Waals surface area contributed by atoms with Crippen LogP contribution in [0.5, 0.6) is 0 Å². The molecular formula is C11H19N3O. The predicted octanol–water partition coefficient (Wildman–Crippen LogP) is 2.28. The quantitative estimate of drug-likeness (QED) is 0.761. The summed E-state index contributed by atoms with van der Waals surface area (Å²) in [4.78, 5) is 11.8. The Bertz CT molecular complexity index is 299. The van der Waals surface area contributed by atoms with Gasteiger partial charge in [0.25, 0.3) is 0 Å². The van der Waals surface area contributed by atoms with E-state index in [-0.39, 0.29) is 17.4 Å².